The van der Waals surface area contributed by atoms with Crippen LogP contribution in [0.5, 0.6) is 11.5 Å². The van der Waals surface area contributed by atoms with Crippen LogP contribution in [0.2, 0.25) is 5.02 Å². The van der Waals surface area contributed by atoms with Crippen molar-refractivity contribution in [2.45, 2.75) is 44.6 Å². The molecule has 1 saturated heterocycles. The van der Waals surface area contributed by atoms with Gasteiger partial charge in [-0.2, -0.15) is 0 Å². The number of halogens is 1. The van der Waals surface area contributed by atoms with Crippen molar-refractivity contribution >= 4 is 11.6 Å². The quantitative estimate of drug-likeness (QED) is 0.906. The van der Waals surface area contributed by atoms with Gasteiger partial charge in [-0.05, 0) is 50.3 Å². The molecular formula is C17H22ClNO2. The van der Waals surface area contributed by atoms with E-state index in [-0.39, 0.29) is 5.41 Å². The second-order valence-electron chi connectivity index (χ2n) is 6.82. The molecule has 4 heteroatoms. The summed E-state index contributed by atoms with van der Waals surface area (Å²) >= 11 is 6.46. The Morgan fingerprint density at radius 1 is 1.14 bits per heavy atom. The average Bonchev–Trinajstić information content (AvgIpc) is 3.29. The highest BCUT2D eigenvalue weighted by Crippen LogP contribution is 2.49. The molecule has 1 saturated carbocycles. The van der Waals surface area contributed by atoms with Crippen molar-refractivity contribution in [3.63, 3.8) is 0 Å². The molecular weight excluding hydrogens is 286 g/mol. The first kappa shape index (κ1) is 13.7. The zero-order valence-electron chi connectivity index (χ0n) is 12.3. The van der Waals surface area contributed by atoms with E-state index < -0.39 is 0 Å². The Hall–Kier alpha value is -0.930. The van der Waals surface area contributed by atoms with Gasteiger partial charge in [0.2, 0.25) is 0 Å². The second kappa shape index (κ2) is 5.36. The van der Waals surface area contributed by atoms with E-state index in [9.17, 15) is 0 Å². The molecule has 3 nitrogen and oxygen atoms in total. The molecule has 114 valence electrons. The Balaban J connectivity index is 1.54. The molecule has 0 radical (unpaired) electrons. The number of rotatable bonds is 2. The minimum absolute atomic E-state index is 0.274. The number of ether oxygens (including phenoxy) is 2. The molecule has 1 N–H and O–H groups in total. The van der Waals surface area contributed by atoms with Gasteiger partial charge >= 0.3 is 0 Å². The summed E-state index contributed by atoms with van der Waals surface area (Å²) < 4.78 is 11.9. The molecule has 21 heavy (non-hydrogen) atoms. The van der Waals surface area contributed by atoms with Crippen molar-refractivity contribution in [1.82, 2.24) is 5.32 Å². The van der Waals surface area contributed by atoms with Crippen molar-refractivity contribution in [2.24, 2.45) is 5.41 Å². The molecule has 1 atom stereocenters. The molecule has 2 aliphatic heterocycles. The lowest BCUT2D eigenvalue weighted by molar-refractivity contribution is 0.197. The van der Waals surface area contributed by atoms with E-state index in [0.29, 0.717) is 6.04 Å². The monoisotopic (exact) mass is 307 g/mol. The molecule has 3 aliphatic rings. The Kier molecular flexibility index (Phi) is 3.50. The standard InChI is InChI=1S/C17H22ClNO2/c18-14-9-16-15(20-10-17(4-5-17)11-21-16)8-12(14)7-13-3-1-2-6-19-13/h8-9,13,19H,1-7,10-11H2. The topological polar surface area (TPSA) is 30.5 Å². The fourth-order valence-corrected chi connectivity index (χ4v) is 3.52. The van der Waals surface area contributed by atoms with Crippen LogP contribution in [-0.2, 0) is 6.42 Å². The minimum Gasteiger partial charge on any atom is -0.489 e. The highest BCUT2D eigenvalue weighted by Gasteiger charge is 2.46. The molecule has 2 fully saturated rings. The van der Waals surface area contributed by atoms with Gasteiger partial charge < -0.3 is 14.8 Å². The summed E-state index contributed by atoms with van der Waals surface area (Å²) in [7, 11) is 0. The summed E-state index contributed by atoms with van der Waals surface area (Å²) in [5.74, 6) is 1.68. The number of piperidine rings is 1. The van der Waals surface area contributed by atoms with Crippen LogP contribution in [0.1, 0.15) is 37.7 Å². The van der Waals surface area contributed by atoms with Gasteiger partial charge in [0.05, 0.1) is 13.2 Å². The Bertz CT molecular complexity index is 536. The molecule has 1 aromatic carbocycles. The molecule has 1 unspecified atom stereocenters. The van der Waals surface area contributed by atoms with Crippen molar-refractivity contribution in [1.29, 1.82) is 0 Å². The van der Waals surface area contributed by atoms with Crippen LogP contribution in [0, 0.1) is 5.41 Å². The van der Waals surface area contributed by atoms with E-state index in [2.05, 4.69) is 11.4 Å². The molecule has 0 bridgehead atoms. The minimum atomic E-state index is 0.274. The van der Waals surface area contributed by atoms with E-state index in [0.717, 1.165) is 42.7 Å². The van der Waals surface area contributed by atoms with Crippen molar-refractivity contribution < 1.29 is 9.47 Å². The van der Waals surface area contributed by atoms with Crippen LogP contribution < -0.4 is 14.8 Å². The van der Waals surface area contributed by atoms with Crippen LogP contribution in [-0.4, -0.2) is 25.8 Å². The first-order valence-electron chi connectivity index (χ1n) is 8.06. The van der Waals surface area contributed by atoms with Crippen molar-refractivity contribution in [3.8, 4) is 11.5 Å². The van der Waals surface area contributed by atoms with Gasteiger partial charge in [0, 0.05) is 22.5 Å². The van der Waals surface area contributed by atoms with Gasteiger partial charge in [0.25, 0.3) is 0 Å². The number of hydrogen-bond acceptors (Lipinski definition) is 3. The predicted octanol–water partition coefficient (Wildman–Crippen LogP) is 3.58. The van der Waals surface area contributed by atoms with Crippen LogP contribution >= 0.6 is 11.6 Å². The molecule has 0 amide bonds. The van der Waals surface area contributed by atoms with E-state index >= 15 is 0 Å². The number of benzene rings is 1. The third kappa shape index (κ3) is 2.86. The lowest BCUT2D eigenvalue weighted by Crippen LogP contribution is -2.35. The number of hydrogen-bond donors (Lipinski definition) is 1. The zero-order chi connectivity index (χ0) is 14.3. The maximum Gasteiger partial charge on any atom is 0.162 e. The van der Waals surface area contributed by atoms with E-state index in [1.165, 1.54) is 37.7 Å². The third-order valence-corrected chi connectivity index (χ3v) is 5.37. The Morgan fingerprint density at radius 3 is 2.57 bits per heavy atom. The first-order chi connectivity index (χ1) is 10.2. The summed E-state index contributed by atoms with van der Waals surface area (Å²) in [5.41, 5.74) is 1.45. The lowest BCUT2D eigenvalue weighted by atomic mass is 9.97. The fraction of sp³-hybridized carbons (Fsp3) is 0.647. The molecule has 4 rings (SSSR count). The maximum absolute atomic E-state index is 6.46. The van der Waals surface area contributed by atoms with Gasteiger partial charge in [-0.15, -0.1) is 0 Å². The summed E-state index contributed by atoms with van der Waals surface area (Å²) in [6.45, 7) is 2.66. The molecule has 0 aromatic heterocycles. The number of fused-ring (bicyclic) bond motifs is 1. The first-order valence-corrected chi connectivity index (χ1v) is 8.43. The highest BCUT2D eigenvalue weighted by atomic mass is 35.5. The largest absolute Gasteiger partial charge is 0.489 e. The van der Waals surface area contributed by atoms with Crippen LogP contribution in [0.15, 0.2) is 12.1 Å². The SMILES string of the molecule is Clc1cc2c(cc1CC1CCCCN1)OCC1(CC1)CO2. The summed E-state index contributed by atoms with van der Waals surface area (Å²) in [5, 5.41) is 4.38. The van der Waals surface area contributed by atoms with Gasteiger partial charge in [-0.3, -0.25) is 0 Å². The lowest BCUT2D eigenvalue weighted by Gasteiger charge is -2.24. The van der Waals surface area contributed by atoms with Gasteiger partial charge in [0.1, 0.15) is 0 Å². The summed E-state index contributed by atoms with van der Waals surface area (Å²) in [6.07, 6.45) is 7.23. The van der Waals surface area contributed by atoms with Gasteiger partial charge in [-0.25, -0.2) is 0 Å². The zero-order valence-corrected chi connectivity index (χ0v) is 13.0. The van der Waals surface area contributed by atoms with E-state index in [1.54, 1.807) is 0 Å². The van der Waals surface area contributed by atoms with E-state index in [1.807, 2.05) is 6.07 Å². The van der Waals surface area contributed by atoms with Gasteiger partial charge in [-0.1, -0.05) is 18.0 Å². The van der Waals surface area contributed by atoms with Gasteiger partial charge in [0.15, 0.2) is 11.5 Å². The van der Waals surface area contributed by atoms with Crippen LogP contribution in [0.3, 0.4) is 0 Å². The van der Waals surface area contributed by atoms with Crippen molar-refractivity contribution in [3.05, 3.63) is 22.7 Å². The second-order valence-corrected chi connectivity index (χ2v) is 7.23. The third-order valence-electron chi connectivity index (χ3n) is 5.02. The van der Waals surface area contributed by atoms with E-state index in [4.69, 9.17) is 21.1 Å². The fourth-order valence-electron chi connectivity index (χ4n) is 3.29. The molecule has 2 heterocycles. The number of nitrogens with one attached hydrogen (secondary N) is 1. The summed E-state index contributed by atoms with van der Waals surface area (Å²) in [6, 6.07) is 4.57. The average molecular weight is 308 g/mol. The van der Waals surface area contributed by atoms with Crippen LogP contribution in [0.4, 0.5) is 0 Å². The van der Waals surface area contributed by atoms with Crippen molar-refractivity contribution in [2.75, 3.05) is 19.8 Å². The molecule has 1 spiro atoms. The highest BCUT2D eigenvalue weighted by molar-refractivity contribution is 6.31. The van der Waals surface area contributed by atoms with Crippen LogP contribution in [0.25, 0.3) is 0 Å². The normalized spacial score (nSPS) is 26.4. The Labute approximate surface area is 131 Å². The predicted molar refractivity (Wildman–Crippen MR) is 83.5 cm³/mol. The summed E-state index contributed by atoms with van der Waals surface area (Å²) in [4.78, 5) is 0. The molecule has 1 aromatic rings. The maximum atomic E-state index is 6.46. The smallest absolute Gasteiger partial charge is 0.162 e. The Morgan fingerprint density at radius 2 is 1.90 bits per heavy atom. The molecule has 1 aliphatic carbocycles.